The first kappa shape index (κ1) is 11.8. The fourth-order valence-corrected chi connectivity index (χ4v) is 1.55. The Labute approximate surface area is 98.3 Å². The minimum Gasteiger partial charge on any atom is -0.314 e. The van der Waals surface area contributed by atoms with Crippen LogP contribution in [0.3, 0.4) is 0 Å². The predicted octanol–water partition coefficient (Wildman–Crippen LogP) is 3.72. The van der Waals surface area contributed by atoms with Crippen molar-refractivity contribution in [2.24, 2.45) is 0 Å². The maximum atomic E-state index is 5.90. The molecule has 76 valence electrons. The van der Waals surface area contributed by atoms with E-state index >= 15 is 0 Å². The second-order valence-corrected chi connectivity index (χ2v) is 4.39. The molecular formula is C11H13BrClN. The molecule has 1 nitrogen and oxygen atoms in total. The molecule has 1 N–H and O–H groups in total. The molecule has 1 aromatic rings. The van der Waals surface area contributed by atoms with Crippen molar-refractivity contribution in [3.63, 3.8) is 0 Å². The van der Waals surface area contributed by atoms with E-state index < -0.39 is 0 Å². The van der Waals surface area contributed by atoms with Gasteiger partial charge in [0.2, 0.25) is 0 Å². The number of benzene rings is 1. The van der Waals surface area contributed by atoms with Crippen molar-refractivity contribution < 1.29 is 0 Å². The van der Waals surface area contributed by atoms with Crippen LogP contribution in [-0.2, 0) is 0 Å². The van der Waals surface area contributed by atoms with Gasteiger partial charge in [-0.1, -0.05) is 39.7 Å². The van der Waals surface area contributed by atoms with Crippen LogP contribution in [0.5, 0.6) is 0 Å². The van der Waals surface area contributed by atoms with Crippen molar-refractivity contribution in [1.29, 1.82) is 0 Å². The van der Waals surface area contributed by atoms with E-state index in [1.807, 2.05) is 25.2 Å². The summed E-state index contributed by atoms with van der Waals surface area (Å²) in [7, 11) is 1.93. The van der Waals surface area contributed by atoms with Crippen molar-refractivity contribution in [1.82, 2.24) is 5.32 Å². The molecule has 14 heavy (non-hydrogen) atoms. The standard InChI is InChI=1S/C11H13BrClN/c1-8(14-2)3-4-9-7-10(13)5-6-11(9)12/h3-8,14H,1-2H3/b4-3+. The lowest BCUT2D eigenvalue weighted by Gasteiger charge is -2.03. The highest BCUT2D eigenvalue weighted by atomic mass is 79.9. The molecular weight excluding hydrogens is 261 g/mol. The third-order valence-corrected chi connectivity index (χ3v) is 2.94. The lowest BCUT2D eigenvalue weighted by atomic mass is 10.2. The normalized spacial score (nSPS) is 13.4. The summed E-state index contributed by atoms with van der Waals surface area (Å²) in [5, 5.41) is 3.89. The number of hydrogen-bond donors (Lipinski definition) is 1. The van der Waals surface area contributed by atoms with Crippen LogP contribution in [0.1, 0.15) is 12.5 Å². The molecule has 0 fully saturated rings. The highest BCUT2D eigenvalue weighted by molar-refractivity contribution is 9.10. The lowest BCUT2D eigenvalue weighted by Crippen LogP contribution is -2.17. The van der Waals surface area contributed by atoms with Gasteiger partial charge in [-0.15, -0.1) is 0 Å². The summed E-state index contributed by atoms with van der Waals surface area (Å²) < 4.78 is 1.06. The Hall–Kier alpha value is -0.310. The number of likely N-dealkylation sites (N-methyl/N-ethyl adjacent to an activating group) is 1. The second kappa shape index (κ2) is 5.54. The van der Waals surface area contributed by atoms with Gasteiger partial charge in [0.25, 0.3) is 0 Å². The highest BCUT2D eigenvalue weighted by Gasteiger charge is 1.97. The van der Waals surface area contributed by atoms with Crippen LogP contribution < -0.4 is 5.32 Å². The highest BCUT2D eigenvalue weighted by Crippen LogP contribution is 2.22. The zero-order valence-electron chi connectivity index (χ0n) is 8.22. The topological polar surface area (TPSA) is 12.0 Å². The summed E-state index contributed by atoms with van der Waals surface area (Å²) in [5.41, 5.74) is 1.10. The average Bonchev–Trinajstić information content (AvgIpc) is 2.19. The zero-order valence-corrected chi connectivity index (χ0v) is 10.6. The summed E-state index contributed by atoms with van der Waals surface area (Å²) in [6, 6.07) is 6.11. The first-order chi connectivity index (χ1) is 6.63. The third kappa shape index (κ3) is 3.45. The monoisotopic (exact) mass is 273 g/mol. The quantitative estimate of drug-likeness (QED) is 0.886. The van der Waals surface area contributed by atoms with Crippen molar-refractivity contribution in [3.05, 3.63) is 39.3 Å². The summed E-state index contributed by atoms with van der Waals surface area (Å²) in [6.07, 6.45) is 4.15. The molecule has 0 aromatic heterocycles. The summed E-state index contributed by atoms with van der Waals surface area (Å²) >= 11 is 9.37. The van der Waals surface area contributed by atoms with Crippen LogP contribution >= 0.6 is 27.5 Å². The Morgan fingerprint density at radius 3 is 2.86 bits per heavy atom. The molecule has 0 aliphatic carbocycles. The van der Waals surface area contributed by atoms with Crippen LogP contribution in [-0.4, -0.2) is 13.1 Å². The largest absolute Gasteiger partial charge is 0.314 e. The number of hydrogen-bond acceptors (Lipinski definition) is 1. The number of halogens is 2. The molecule has 1 rings (SSSR count). The average molecular weight is 275 g/mol. The molecule has 0 spiro atoms. The molecule has 0 aliphatic rings. The van der Waals surface area contributed by atoms with Gasteiger partial charge in [-0.2, -0.15) is 0 Å². The van der Waals surface area contributed by atoms with Gasteiger partial charge in [0.05, 0.1) is 0 Å². The summed E-state index contributed by atoms with van der Waals surface area (Å²) in [4.78, 5) is 0. The smallest absolute Gasteiger partial charge is 0.0412 e. The molecule has 1 unspecified atom stereocenters. The van der Waals surface area contributed by atoms with Gasteiger partial charge in [-0.3, -0.25) is 0 Å². The van der Waals surface area contributed by atoms with E-state index in [0.717, 1.165) is 15.1 Å². The number of rotatable bonds is 3. The minimum absolute atomic E-state index is 0.362. The maximum Gasteiger partial charge on any atom is 0.0412 e. The van der Waals surface area contributed by atoms with E-state index in [1.54, 1.807) is 0 Å². The van der Waals surface area contributed by atoms with Crippen LogP contribution in [0.4, 0.5) is 0 Å². The van der Waals surface area contributed by atoms with Crippen LogP contribution in [0, 0.1) is 0 Å². The summed E-state index contributed by atoms with van der Waals surface area (Å²) in [5.74, 6) is 0. The van der Waals surface area contributed by atoms with Gasteiger partial charge in [-0.25, -0.2) is 0 Å². The number of nitrogens with one attached hydrogen (secondary N) is 1. The third-order valence-electron chi connectivity index (χ3n) is 1.98. The van der Waals surface area contributed by atoms with Gasteiger partial charge in [0.15, 0.2) is 0 Å². The lowest BCUT2D eigenvalue weighted by molar-refractivity contribution is 0.731. The minimum atomic E-state index is 0.362. The molecule has 0 saturated carbocycles. The van der Waals surface area contributed by atoms with Gasteiger partial charge in [0, 0.05) is 15.5 Å². The van der Waals surface area contributed by atoms with Crippen molar-refractivity contribution in [3.8, 4) is 0 Å². The maximum absolute atomic E-state index is 5.90. The fourth-order valence-electron chi connectivity index (χ4n) is 0.987. The Morgan fingerprint density at radius 1 is 1.50 bits per heavy atom. The van der Waals surface area contributed by atoms with Gasteiger partial charge in [0.1, 0.15) is 0 Å². The Morgan fingerprint density at radius 2 is 2.21 bits per heavy atom. The van der Waals surface area contributed by atoms with Gasteiger partial charge < -0.3 is 5.32 Å². The first-order valence-electron chi connectivity index (χ1n) is 4.44. The summed E-state index contributed by atoms with van der Waals surface area (Å²) in [6.45, 7) is 2.09. The van der Waals surface area contributed by atoms with E-state index in [4.69, 9.17) is 11.6 Å². The Kier molecular flexibility index (Phi) is 4.66. The van der Waals surface area contributed by atoms with Crippen molar-refractivity contribution >= 4 is 33.6 Å². The molecule has 1 atom stereocenters. The van der Waals surface area contributed by atoms with Crippen molar-refractivity contribution in [2.45, 2.75) is 13.0 Å². The SMILES string of the molecule is CNC(C)/C=C/c1cc(Cl)ccc1Br. The zero-order chi connectivity index (χ0) is 10.6. The van der Waals surface area contributed by atoms with Crippen LogP contribution in [0.2, 0.25) is 5.02 Å². The van der Waals surface area contributed by atoms with Gasteiger partial charge >= 0.3 is 0 Å². The van der Waals surface area contributed by atoms with Gasteiger partial charge in [-0.05, 0) is 37.7 Å². The molecule has 3 heteroatoms. The molecule has 0 bridgehead atoms. The van der Waals surface area contributed by atoms with Crippen LogP contribution in [0.25, 0.3) is 6.08 Å². The molecule has 0 heterocycles. The van der Waals surface area contributed by atoms with Crippen LogP contribution in [0.15, 0.2) is 28.7 Å². The molecule has 0 aliphatic heterocycles. The molecule has 0 amide bonds. The van der Waals surface area contributed by atoms with E-state index in [-0.39, 0.29) is 0 Å². The second-order valence-electron chi connectivity index (χ2n) is 3.10. The van der Waals surface area contributed by atoms with E-state index in [9.17, 15) is 0 Å². The fraction of sp³-hybridized carbons (Fsp3) is 0.273. The van der Waals surface area contributed by atoms with E-state index in [1.165, 1.54) is 0 Å². The Balaban J connectivity index is 2.85. The van der Waals surface area contributed by atoms with Crippen molar-refractivity contribution in [2.75, 3.05) is 7.05 Å². The van der Waals surface area contributed by atoms with E-state index in [2.05, 4.69) is 40.3 Å². The predicted molar refractivity (Wildman–Crippen MR) is 66.7 cm³/mol. The Bertz CT molecular complexity index is 336. The first-order valence-corrected chi connectivity index (χ1v) is 5.61. The van der Waals surface area contributed by atoms with E-state index in [0.29, 0.717) is 6.04 Å². The molecule has 0 radical (unpaired) electrons. The molecule has 1 aromatic carbocycles. The molecule has 0 saturated heterocycles.